The van der Waals surface area contributed by atoms with Gasteiger partial charge in [-0.15, -0.1) is 0 Å². The van der Waals surface area contributed by atoms with Gasteiger partial charge in [0.1, 0.15) is 5.82 Å². The van der Waals surface area contributed by atoms with E-state index in [0.29, 0.717) is 12.2 Å². The number of aromatic amines is 1. The molecule has 0 saturated carbocycles. The molecule has 80 valence electrons. The smallest absolute Gasteiger partial charge is 0.255 e. The van der Waals surface area contributed by atoms with E-state index in [1.807, 2.05) is 24.3 Å². The number of rotatable bonds is 1. The van der Waals surface area contributed by atoms with Gasteiger partial charge in [-0.05, 0) is 5.56 Å². The van der Waals surface area contributed by atoms with Gasteiger partial charge in [0.15, 0.2) is 0 Å². The van der Waals surface area contributed by atoms with Gasteiger partial charge >= 0.3 is 0 Å². The van der Waals surface area contributed by atoms with Gasteiger partial charge in [0, 0.05) is 17.5 Å². The number of H-pyrrole nitrogens is 1. The molecule has 1 heterocycles. The molecule has 0 amide bonds. The molecule has 4 nitrogen and oxygen atoms in total. The zero-order chi connectivity index (χ0) is 11.1. The molecule has 0 atom stereocenters. The van der Waals surface area contributed by atoms with E-state index in [9.17, 15) is 4.79 Å². The summed E-state index contributed by atoms with van der Waals surface area (Å²) in [5.41, 5.74) is 9.18. The maximum Gasteiger partial charge on any atom is 0.255 e. The minimum absolute atomic E-state index is 0.0679. The molecule has 0 saturated heterocycles. The van der Waals surface area contributed by atoms with Crippen molar-refractivity contribution in [2.24, 2.45) is 5.73 Å². The Morgan fingerprint density at radius 3 is 3.00 bits per heavy atom. The van der Waals surface area contributed by atoms with Crippen LogP contribution in [0.5, 0.6) is 0 Å². The van der Waals surface area contributed by atoms with Crippen molar-refractivity contribution in [1.82, 2.24) is 9.97 Å². The van der Waals surface area contributed by atoms with Crippen LogP contribution in [0.25, 0.3) is 11.3 Å². The van der Waals surface area contributed by atoms with Gasteiger partial charge in [-0.3, -0.25) is 4.79 Å². The zero-order valence-electron chi connectivity index (χ0n) is 8.66. The van der Waals surface area contributed by atoms with E-state index < -0.39 is 0 Å². The molecule has 1 aromatic carbocycles. The summed E-state index contributed by atoms with van der Waals surface area (Å²) in [6.07, 6.45) is 0.665. The number of hydrogen-bond donors (Lipinski definition) is 2. The Morgan fingerprint density at radius 2 is 2.19 bits per heavy atom. The number of hydrogen-bond acceptors (Lipinski definition) is 3. The van der Waals surface area contributed by atoms with Gasteiger partial charge in [-0.2, -0.15) is 0 Å². The Morgan fingerprint density at radius 1 is 1.38 bits per heavy atom. The van der Waals surface area contributed by atoms with Crippen LogP contribution >= 0.6 is 0 Å². The van der Waals surface area contributed by atoms with E-state index in [1.165, 1.54) is 0 Å². The van der Waals surface area contributed by atoms with Crippen LogP contribution in [-0.2, 0) is 13.0 Å². The summed E-state index contributed by atoms with van der Waals surface area (Å²) in [6.45, 7) is 0.255. The van der Waals surface area contributed by atoms with Gasteiger partial charge in [-0.25, -0.2) is 4.98 Å². The summed E-state index contributed by atoms with van der Waals surface area (Å²) < 4.78 is 0. The molecule has 1 aliphatic carbocycles. The monoisotopic (exact) mass is 213 g/mol. The highest BCUT2D eigenvalue weighted by Crippen LogP contribution is 2.32. The van der Waals surface area contributed by atoms with Gasteiger partial charge in [0.2, 0.25) is 0 Å². The fourth-order valence-corrected chi connectivity index (χ4v) is 2.12. The molecule has 0 fully saturated rings. The Balaban J connectivity index is 2.31. The second-order valence-electron chi connectivity index (χ2n) is 3.88. The molecule has 16 heavy (non-hydrogen) atoms. The van der Waals surface area contributed by atoms with E-state index in [0.717, 1.165) is 22.4 Å². The molecule has 0 bridgehead atoms. The third-order valence-corrected chi connectivity index (χ3v) is 2.90. The van der Waals surface area contributed by atoms with Crippen molar-refractivity contribution in [2.45, 2.75) is 13.0 Å². The molecule has 1 aromatic heterocycles. The second kappa shape index (κ2) is 3.28. The largest absolute Gasteiger partial charge is 0.324 e. The number of nitrogens with two attached hydrogens (primary N) is 1. The third-order valence-electron chi connectivity index (χ3n) is 2.90. The number of benzene rings is 1. The summed E-state index contributed by atoms with van der Waals surface area (Å²) in [5, 5.41) is 0. The van der Waals surface area contributed by atoms with Crippen LogP contribution in [-0.4, -0.2) is 9.97 Å². The number of nitrogens with one attached hydrogen (secondary N) is 1. The predicted octanol–water partition coefficient (Wildman–Crippen LogP) is 0.800. The second-order valence-corrected chi connectivity index (χ2v) is 3.88. The lowest BCUT2D eigenvalue weighted by atomic mass is 10.1. The molecular weight excluding hydrogens is 202 g/mol. The van der Waals surface area contributed by atoms with Crippen molar-refractivity contribution >= 4 is 0 Å². The fourth-order valence-electron chi connectivity index (χ4n) is 2.12. The number of nitrogens with zero attached hydrogens (tertiary/aromatic N) is 1. The highest BCUT2D eigenvalue weighted by atomic mass is 16.1. The van der Waals surface area contributed by atoms with Crippen LogP contribution in [0.4, 0.5) is 0 Å². The van der Waals surface area contributed by atoms with Gasteiger partial charge in [0.05, 0.1) is 12.2 Å². The van der Waals surface area contributed by atoms with E-state index in [-0.39, 0.29) is 12.1 Å². The molecule has 0 radical (unpaired) electrons. The lowest BCUT2D eigenvalue weighted by Gasteiger charge is -2.01. The van der Waals surface area contributed by atoms with Crippen molar-refractivity contribution in [2.75, 3.05) is 0 Å². The third kappa shape index (κ3) is 1.20. The Labute approximate surface area is 92.2 Å². The number of fused-ring (bicyclic) bond motifs is 3. The summed E-state index contributed by atoms with van der Waals surface area (Å²) in [5.74, 6) is 0.542. The van der Waals surface area contributed by atoms with Crippen LogP contribution in [0.1, 0.15) is 17.0 Å². The molecule has 2 aromatic rings. The first-order chi connectivity index (χ1) is 7.79. The zero-order valence-corrected chi connectivity index (χ0v) is 8.66. The minimum Gasteiger partial charge on any atom is -0.324 e. The fraction of sp³-hybridized carbons (Fsp3) is 0.167. The Hall–Kier alpha value is -1.94. The average Bonchev–Trinajstić information content (AvgIpc) is 2.68. The first kappa shape index (κ1) is 9.30. The summed E-state index contributed by atoms with van der Waals surface area (Å²) in [4.78, 5) is 18.9. The summed E-state index contributed by atoms with van der Waals surface area (Å²) in [6, 6.07) is 7.95. The maximum absolute atomic E-state index is 11.8. The van der Waals surface area contributed by atoms with Crippen LogP contribution in [0.2, 0.25) is 0 Å². The quantitative estimate of drug-likeness (QED) is 0.628. The SMILES string of the molecule is NCc1nc2c(c(=O)[nH]1)Cc1ccccc1-2. The Bertz CT molecular complexity index is 616. The summed E-state index contributed by atoms with van der Waals surface area (Å²) >= 11 is 0. The predicted molar refractivity (Wildman–Crippen MR) is 61.0 cm³/mol. The minimum atomic E-state index is -0.0679. The van der Waals surface area contributed by atoms with Crippen molar-refractivity contribution in [3.8, 4) is 11.3 Å². The first-order valence-electron chi connectivity index (χ1n) is 5.20. The van der Waals surface area contributed by atoms with Gasteiger partial charge in [0.25, 0.3) is 5.56 Å². The molecule has 4 heteroatoms. The highest BCUT2D eigenvalue weighted by molar-refractivity contribution is 5.72. The van der Waals surface area contributed by atoms with E-state index in [1.54, 1.807) is 0 Å². The van der Waals surface area contributed by atoms with Crippen LogP contribution in [0.15, 0.2) is 29.1 Å². The first-order valence-corrected chi connectivity index (χ1v) is 5.20. The van der Waals surface area contributed by atoms with Crippen molar-refractivity contribution < 1.29 is 0 Å². The van der Waals surface area contributed by atoms with Crippen LogP contribution in [0.3, 0.4) is 0 Å². The van der Waals surface area contributed by atoms with Gasteiger partial charge in [-0.1, -0.05) is 24.3 Å². The Kier molecular flexibility index (Phi) is 1.91. The standard InChI is InChI=1S/C12H11N3O/c13-6-10-14-11-8-4-2-1-3-7(8)5-9(11)12(16)15-10/h1-4H,5-6,13H2,(H,14,15,16). The average molecular weight is 213 g/mol. The van der Waals surface area contributed by atoms with Crippen LogP contribution in [0, 0.1) is 0 Å². The van der Waals surface area contributed by atoms with E-state index >= 15 is 0 Å². The molecule has 3 rings (SSSR count). The highest BCUT2D eigenvalue weighted by Gasteiger charge is 2.22. The molecule has 3 N–H and O–H groups in total. The molecule has 0 aliphatic heterocycles. The number of aromatic nitrogens is 2. The lowest BCUT2D eigenvalue weighted by Crippen LogP contribution is -2.18. The van der Waals surface area contributed by atoms with E-state index in [2.05, 4.69) is 9.97 Å². The van der Waals surface area contributed by atoms with Crippen molar-refractivity contribution in [1.29, 1.82) is 0 Å². The molecule has 1 aliphatic rings. The van der Waals surface area contributed by atoms with Crippen molar-refractivity contribution in [3.63, 3.8) is 0 Å². The topological polar surface area (TPSA) is 71.8 Å². The summed E-state index contributed by atoms with van der Waals surface area (Å²) in [7, 11) is 0. The lowest BCUT2D eigenvalue weighted by molar-refractivity contribution is 0.886. The normalized spacial score (nSPS) is 12.3. The molecule has 0 unspecified atom stereocenters. The molecule has 0 spiro atoms. The van der Waals surface area contributed by atoms with Crippen LogP contribution < -0.4 is 11.3 Å². The molecular formula is C12H11N3O. The van der Waals surface area contributed by atoms with Crippen molar-refractivity contribution in [3.05, 3.63) is 51.6 Å². The van der Waals surface area contributed by atoms with E-state index in [4.69, 9.17) is 5.73 Å². The maximum atomic E-state index is 11.8. The van der Waals surface area contributed by atoms with Gasteiger partial charge < -0.3 is 10.7 Å².